The molecular formula is C18H20N2O4. The van der Waals surface area contributed by atoms with E-state index in [0.717, 1.165) is 5.56 Å². The molecule has 2 amide bonds. The van der Waals surface area contributed by atoms with Crippen LogP contribution in [0.5, 0.6) is 0 Å². The van der Waals surface area contributed by atoms with Gasteiger partial charge in [0.05, 0.1) is 11.7 Å². The highest BCUT2D eigenvalue weighted by molar-refractivity contribution is 5.80. The van der Waals surface area contributed by atoms with Gasteiger partial charge >= 0.3 is 12.0 Å². The molecule has 2 N–H and O–H groups in total. The van der Waals surface area contributed by atoms with Gasteiger partial charge in [-0.25, -0.2) is 4.79 Å². The fraction of sp³-hybridized carbons (Fsp3) is 0.333. The van der Waals surface area contributed by atoms with Gasteiger partial charge in [-0.15, -0.1) is 0 Å². The number of benzene rings is 1. The molecular weight excluding hydrogens is 308 g/mol. The van der Waals surface area contributed by atoms with Gasteiger partial charge in [-0.1, -0.05) is 30.3 Å². The highest BCUT2D eigenvalue weighted by Gasteiger charge is 2.42. The number of likely N-dealkylation sites (tertiary alicyclic amines) is 1. The van der Waals surface area contributed by atoms with Crippen molar-refractivity contribution in [2.24, 2.45) is 5.41 Å². The summed E-state index contributed by atoms with van der Waals surface area (Å²) < 4.78 is 5.47. The number of aliphatic carboxylic acids is 1. The van der Waals surface area contributed by atoms with Gasteiger partial charge in [0, 0.05) is 13.1 Å². The summed E-state index contributed by atoms with van der Waals surface area (Å²) in [6.45, 7) is 2.30. The Balaban J connectivity index is 1.77. The zero-order chi connectivity index (χ0) is 17.2. The lowest BCUT2D eigenvalue weighted by molar-refractivity contribution is -0.147. The Kier molecular flexibility index (Phi) is 4.29. The molecule has 1 aromatic heterocycles. The van der Waals surface area contributed by atoms with Gasteiger partial charge in [0.2, 0.25) is 0 Å². The summed E-state index contributed by atoms with van der Waals surface area (Å²) >= 11 is 0. The summed E-state index contributed by atoms with van der Waals surface area (Å²) in [6, 6.07) is 12.4. The van der Waals surface area contributed by atoms with Crippen molar-refractivity contribution in [1.82, 2.24) is 10.2 Å². The minimum atomic E-state index is -0.885. The number of carbonyl (C=O) groups excluding carboxylic acids is 1. The summed E-state index contributed by atoms with van der Waals surface area (Å²) in [4.78, 5) is 25.5. The molecule has 2 aromatic rings. The van der Waals surface area contributed by atoms with Gasteiger partial charge in [-0.05, 0) is 31.0 Å². The van der Waals surface area contributed by atoms with Crippen LogP contribution in [0.3, 0.4) is 0 Å². The number of rotatable bonds is 4. The quantitative estimate of drug-likeness (QED) is 0.904. The number of hydrogen-bond acceptors (Lipinski definition) is 3. The molecule has 126 valence electrons. The molecule has 0 bridgehead atoms. The van der Waals surface area contributed by atoms with Crippen molar-refractivity contribution >= 4 is 12.0 Å². The van der Waals surface area contributed by atoms with E-state index in [-0.39, 0.29) is 12.6 Å². The fourth-order valence-corrected chi connectivity index (χ4v) is 2.94. The van der Waals surface area contributed by atoms with Gasteiger partial charge in [0.1, 0.15) is 11.8 Å². The van der Waals surface area contributed by atoms with Crippen LogP contribution in [0.4, 0.5) is 4.79 Å². The van der Waals surface area contributed by atoms with E-state index in [1.165, 1.54) is 0 Å². The lowest BCUT2D eigenvalue weighted by Gasteiger charge is -2.24. The second kappa shape index (κ2) is 6.39. The summed E-state index contributed by atoms with van der Waals surface area (Å²) in [5.74, 6) is -0.238. The Morgan fingerprint density at radius 1 is 1.25 bits per heavy atom. The number of hydrogen-bond donors (Lipinski definition) is 2. The highest BCUT2D eigenvalue weighted by atomic mass is 16.4. The van der Waals surface area contributed by atoms with E-state index in [9.17, 15) is 14.7 Å². The van der Waals surface area contributed by atoms with Crippen molar-refractivity contribution in [3.8, 4) is 0 Å². The van der Waals surface area contributed by atoms with Gasteiger partial charge in [0.25, 0.3) is 0 Å². The molecule has 0 saturated carbocycles. The second-order valence-electron chi connectivity index (χ2n) is 6.35. The summed E-state index contributed by atoms with van der Waals surface area (Å²) in [5, 5.41) is 12.3. The lowest BCUT2D eigenvalue weighted by Crippen LogP contribution is -2.42. The molecule has 2 unspecified atom stereocenters. The molecule has 2 atom stereocenters. The topological polar surface area (TPSA) is 82.8 Å². The van der Waals surface area contributed by atoms with E-state index in [2.05, 4.69) is 5.32 Å². The van der Waals surface area contributed by atoms with E-state index >= 15 is 0 Å². The Morgan fingerprint density at radius 3 is 2.58 bits per heavy atom. The molecule has 1 aliphatic heterocycles. The summed E-state index contributed by atoms with van der Waals surface area (Å²) in [5.41, 5.74) is 0.0190. The third-order valence-corrected chi connectivity index (χ3v) is 4.51. The zero-order valence-electron chi connectivity index (χ0n) is 13.4. The third kappa shape index (κ3) is 3.13. The van der Waals surface area contributed by atoms with Gasteiger partial charge < -0.3 is 19.7 Å². The van der Waals surface area contributed by atoms with Crippen molar-refractivity contribution in [3.63, 3.8) is 0 Å². The van der Waals surface area contributed by atoms with Crippen molar-refractivity contribution in [2.75, 3.05) is 13.1 Å². The van der Waals surface area contributed by atoms with Crippen LogP contribution in [-0.2, 0) is 4.79 Å². The first-order valence-electron chi connectivity index (χ1n) is 7.87. The van der Waals surface area contributed by atoms with Crippen LogP contribution in [0.15, 0.2) is 53.1 Å². The van der Waals surface area contributed by atoms with Crippen LogP contribution in [-0.4, -0.2) is 35.1 Å². The molecule has 6 heteroatoms. The molecule has 2 heterocycles. The molecule has 3 rings (SSSR count). The number of carboxylic acid groups (broad SMARTS) is 1. The Morgan fingerprint density at radius 2 is 2.00 bits per heavy atom. The number of carbonyl (C=O) groups is 2. The van der Waals surface area contributed by atoms with Crippen molar-refractivity contribution in [3.05, 3.63) is 60.1 Å². The Hall–Kier alpha value is -2.76. The average Bonchev–Trinajstić information content (AvgIpc) is 3.24. The number of carboxylic acids is 1. The van der Waals surface area contributed by atoms with Gasteiger partial charge in [-0.2, -0.15) is 0 Å². The zero-order valence-corrected chi connectivity index (χ0v) is 13.4. The molecule has 1 aliphatic rings. The van der Waals surface area contributed by atoms with Crippen molar-refractivity contribution < 1.29 is 19.1 Å². The van der Waals surface area contributed by atoms with Crippen LogP contribution < -0.4 is 5.32 Å². The van der Waals surface area contributed by atoms with Crippen LogP contribution in [0, 0.1) is 5.41 Å². The summed E-state index contributed by atoms with van der Waals surface area (Å²) in [7, 11) is 0. The molecule has 1 fully saturated rings. The van der Waals surface area contributed by atoms with E-state index in [1.54, 1.807) is 24.2 Å². The Bertz CT molecular complexity index is 714. The number of urea groups is 1. The SMILES string of the molecule is CC1(C(=O)O)CCN(C(=O)NC(c2ccccc2)c2ccco2)C1. The largest absolute Gasteiger partial charge is 0.481 e. The van der Waals surface area contributed by atoms with Crippen LogP contribution in [0.2, 0.25) is 0 Å². The first-order chi connectivity index (χ1) is 11.5. The highest BCUT2D eigenvalue weighted by Crippen LogP contribution is 2.31. The van der Waals surface area contributed by atoms with Crippen LogP contribution >= 0.6 is 0 Å². The monoisotopic (exact) mass is 328 g/mol. The van der Waals surface area contributed by atoms with E-state index in [1.807, 2.05) is 36.4 Å². The van der Waals surface area contributed by atoms with Crippen LogP contribution in [0.1, 0.15) is 30.7 Å². The Labute approximate surface area is 140 Å². The van der Waals surface area contributed by atoms with E-state index in [0.29, 0.717) is 18.7 Å². The fourth-order valence-electron chi connectivity index (χ4n) is 2.94. The van der Waals surface area contributed by atoms with Crippen molar-refractivity contribution in [2.45, 2.75) is 19.4 Å². The normalized spacial score (nSPS) is 21.5. The number of nitrogens with one attached hydrogen (secondary N) is 1. The number of furan rings is 1. The first-order valence-corrected chi connectivity index (χ1v) is 7.87. The third-order valence-electron chi connectivity index (χ3n) is 4.51. The number of amides is 2. The minimum Gasteiger partial charge on any atom is -0.481 e. The molecule has 1 aromatic carbocycles. The van der Waals surface area contributed by atoms with Gasteiger partial charge in [0.15, 0.2) is 0 Å². The molecule has 24 heavy (non-hydrogen) atoms. The predicted molar refractivity (Wildman–Crippen MR) is 87.5 cm³/mol. The van der Waals surface area contributed by atoms with E-state index < -0.39 is 17.4 Å². The smallest absolute Gasteiger partial charge is 0.318 e. The van der Waals surface area contributed by atoms with E-state index in [4.69, 9.17) is 4.42 Å². The molecule has 0 radical (unpaired) electrons. The molecule has 0 spiro atoms. The lowest BCUT2D eigenvalue weighted by atomic mass is 9.90. The number of nitrogens with zero attached hydrogens (tertiary/aromatic N) is 1. The predicted octanol–water partition coefficient (Wildman–Crippen LogP) is 2.88. The molecule has 0 aliphatic carbocycles. The maximum atomic E-state index is 12.6. The maximum absolute atomic E-state index is 12.6. The molecule has 1 saturated heterocycles. The maximum Gasteiger partial charge on any atom is 0.318 e. The standard InChI is InChI=1S/C18H20N2O4/c1-18(16(21)22)9-10-20(12-18)17(23)19-15(14-8-5-11-24-14)13-6-3-2-4-7-13/h2-8,11,15H,9-10,12H2,1H3,(H,19,23)(H,21,22). The minimum absolute atomic E-state index is 0.202. The van der Waals surface area contributed by atoms with Crippen molar-refractivity contribution in [1.29, 1.82) is 0 Å². The van der Waals surface area contributed by atoms with Gasteiger partial charge in [-0.3, -0.25) is 4.79 Å². The first kappa shape index (κ1) is 16.1. The van der Waals surface area contributed by atoms with Crippen LogP contribution in [0.25, 0.3) is 0 Å². The summed E-state index contributed by atoms with van der Waals surface area (Å²) in [6.07, 6.45) is 2.02. The molecule has 6 nitrogen and oxygen atoms in total. The average molecular weight is 328 g/mol. The second-order valence-corrected chi connectivity index (χ2v) is 6.35.